The van der Waals surface area contributed by atoms with Crippen LogP contribution in [0.3, 0.4) is 0 Å². The van der Waals surface area contributed by atoms with E-state index < -0.39 is 0 Å². The molecule has 1 aromatic rings. The van der Waals surface area contributed by atoms with Gasteiger partial charge >= 0.3 is 0 Å². The lowest BCUT2D eigenvalue weighted by Gasteiger charge is -2.29. The molecule has 0 N–H and O–H groups in total. The molecule has 1 fully saturated rings. The van der Waals surface area contributed by atoms with E-state index in [1.54, 1.807) is 0 Å². The Bertz CT molecular complexity index is 325. The second-order valence-electron chi connectivity index (χ2n) is 3.57. The predicted molar refractivity (Wildman–Crippen MR) is 60.4 cm³/mol. The summed E-state index contributed by atoms with van der Waals surface area (Å²) in [6, 6.07) is 10.4. The lowest BCUT2D eigenvalue weighted by molar-refractivity contribution is -0.127. The van der Waals surface area contributed by atoms with Crippen LogP contribution in [0, 0.1) is 0 Å². The summed E-state index contributed by atoms with van der Waals surface area (Å²) in [7, 11) is 1.66. The highest BCUT2D eigenvalue weighted by atomic mass is 31.1. The number of hydrogen-bond donors (Lipinski definition) is 0. The fourth-order valence-corrected chi connectivity index (χ4v) is 3.92. The first-order chi connectivity index (χ1) is 6.77. The van der Waals surface area contributed by atoms with Gasteiger partial charge in [-0.3, -0.25) is 4.79 Å². The van der Waals surface area contributed by atoms with Crippen molar-refractivity contribution in [1.82, 2.24) is 4.90 Å². The van der Waals surface area contributed by atoms with E-state index in [2.05, 4.69) is 24.3 Å². The average molecular weight is 207 g/mol. The van der Waals surface area contributed by atoms with Crippen molar-refractivity contribution in [1.29, 1.82) is 0 Å². The number of nitrogens with zero attached hydrogens (tertiary/aromatic N) is 1. The van der Waals surface area contributed by atoms with Crippen molar-refractivity contribution in [3.8, 4) is 0 Å². The average Bonchev–Trinajstić information content (AvgIpc) is 2.23. The molecule has 1 heterocycles. The van der Waals surface area contributed by atoms with E-state index in [1.807, 2.05) is 18.0 Å². The Balaban J connectivity index is 2.11. The molecule has 1 aromatic carbocycles. The molecule has 1 unspecified atom stereocenters. The van der Waals surface area contributed by atoms with Gasteiger partial charge in [0.15, 0.2) is 0 Å². The highest BCUT2D eigenvalue weighted by Crippen LogP contribution is 2.36. The summed E-state index contributed by atoms with van der Waals surface area (Å²) in [6.07, 6.45) is 1.89. The van der Waals surface area contributed by atoms with Crippen LogP contribution in [-0.4, -0.2) is 36.7 Å². The first-order valence-electron chi connectivity index (χ1n) is 4.81. The zero-order valence-corrected chi connectivity index (χ0v) is 9.21. The summed E-state index contributed by atoms with van der Waals surface area (Å²) in [5, 5.41) is 1.36. The second-order valence-corrected chi connectivity index (χ2v) is 5.93. The number of carbonyl (C=O) groups excluding carboxylic acids is 1. The van der Waals surface area contributed by atoms with E-state index >= 15 is 0 Å². The van der Waals surface area contributed by atoms with E-state index in [0.717, 1.165) is 18.9 Å². The van der Waals surface area contributed by atoms with E-state index in [4.69, 9.17) is 0 Å². The highest BCUT2D eigenvalue weighted by molar-refractivity contribution is 7.66. The molecule has 2 nitrogen and oxygen atoms in total. The van der Waals surface area contributed by atoms with Gasteiger partial charge in [0.05, 0.1) is 6.16 Å². The van der Waals surface area contributed by atoms with E-state index in [-0.39, 0.29) is 7.92 Å². The van der Waals surface area contributed by atoms with Crippen molar-refractivity contribution < 1.29 is 4.79 Å². The van der Waals surface area contributed by atoms with Gasteiger partial charge in [-0.1, -0.05) is 38.3 Å². The van der Waals surface area contributed by atoms with Crippen LogP contribution in [0.4, 0.5) is 0 Å². The minimum atomic E-state index is -0.224. The number of benzene rings is 1. The molecule has 3 heteroatoms. The van der Waals surface area contributed by atoms with Gasteiger partial charge in [0.1, 0.15) is 0 Å². The molecule has 1 saturated heterocycles. The normalized spacial score (nSPS) is 22.5. The second kappa shape index (κ2) is 4.10. The van der Waals surface area contributed by atoms with Crippen LogP contribution >= 0.6 is 7.92 Å². The third kappa shape index (κ3) is 1.96. The maximum atomic E-state index is 11.5. The fourth-order valence-electron chi connectivity index (χ4n) is 1.62. The number of hydrogen-bond acceptors (Lipinski definition) is 1. The molecule has 0 aliphatic carbocycles. The molecule has 1 aliphatic heterocycles. The van der Waals surface area contributed by atoms with Gasteiger partial charge in [-0.15, -0.1) is 0 Å². The Morgan fingerprint density at radius 3 is 2.64 bits per heavy atom. The summed E-state index contributed by atoms with van der Waals surface area (Å²) in [5.74, 6) is 0.297. The fraction of sp³-hybridized carbons (Fsp3) is 0.364. The Morgan fingerprint density at radius 1 is 1.29 bits per heavy atom. The zero-order valence-electron chi connectivity index (χ0n) is 8.31. The van der Waals surface area contributed by atoms with Crippen molar-refractivity contribution in [2.24, 2.45) is 0 Å². The molecule has 0 radical (unpaired) electrons. The Labute approximate surface area is 85.7 Å². The van der Waals surface area contributed by atoms with E-state index in [9.17, 15) is 4.79 Å². The lowest BCUT2D eigenvalue weighted by Crippen LogP contribution is -2.37. The van der Waals surface area contributed by atoms with Crippen LogP contribution < -0.4 is 5.30 Å². The van der Waals surface area contributed by atoms with Crippen molar-refractivity contribution in [3.63, 3.8) is 0 Å². The summed E-state index contributed by atoms with van der Waals surface area (Å²) in [4.78, 5) is 13.4. The smallest absolute Gasteiger partial charge is 0.226 e. The molecule has 0 saturated carbocycles. The first-order valence-corrected chi connectivity index (χ1v) is 6.52. The van der Waals surface area contributed by atoms with Gasteiger partial charge in [-0.05, 0) is 11.5 Å². The molecule has 1 aliphatic rings. The number of carbonyl (C=O) groups is 1. The van der Waals surface area contributed by atoms with Gasteiger partial charge < -0.3 is 4.90 Å². The minimum absolute atomic E-state index is 0.224. The van der Waals surface area contributed by atoms with Gasteiger partial charge in [-0.25, -0.2) is 0 Å². The maximum Gasteiger partial charge on any atom is 0.226 e. The highest BCUT2D eigenvalue weighted by Gasteiger charge is 2.23. The molecule has 1 amide bonds. The van der Waals surface area contributed by atoms with Crippen LogP contribution in [0.2, 0.25) is 0 Å². The SMILES string of the molecule is CN1CCP(c2ccccc2)CC1=O. The van der Waals surface area contributed by atoms with Crippen LogP contribution in [-0.2, 0) is 4.79 Å². The molecule has 1 atom stereocenters. The number of rotatable bonds is 1. The molecular weight excluding hydrogens is 193 g/mol. The molecule has 14 heavy (non-hydrogen) atoms. The van der Waals surface area contributed by atoms with E-state index in [1.165, 1.54) is 5.30 Å². The van der Waals surface area contributed by atoms with Crippen LogP contribution in [0.15, 0.2) is 30.3 Å². The van der Waals surface area contributed by atoms with Crippen LogP contribution in [0.25, 0.3) is 0 Å². The molecule has 2 rings (SSSR count). The van der Waals surface area contributed by atoms with Crippen molar-refractivity contribution in [2.45, 2.75) is 0 Å². The van der Waals surface area contributed by atoms with Crippen molar-refractivity contribution in [2.75, 3.05) is 25.9 Å². The molecular formula is C11H14NOP. The topological polar surface area (TPSA) is 20.3 Å². The van der Waals surface area contributed by atoms with Gasteiger partial charge in [-0.2, -0.15) is 0 Å². The molecule has 0 spiro atoms. The third-order valence-electron chi connectivity index (χ3n) is 2.58. The van der Waals surface area contributed by atoms with Gasteiger partial charge in [0.2, 0.25) is 5.91 Å². The van der Waals surface area contributed by atoms with Gasteiger partial charge in [0.25, 0.3) is 0 Å². The maximum absolute atomic E-state index is 11.5. The summed E-state index contributed by atoms with van der Waals surface area (Å²) in [5.41, 5.74) is 0. The quantitative estimate of drug-likeness (QED) is 0.635. The molecule has 0 bridgehead atoms. The summed E-state index contributed by atoms with van der Waals surface area (Å²) >= 11 is 0. The summed E-state index contributed by atoms with van der Waals surface area (Å²) in [6.45, 7) is 0.916. The third-order valence-corrected chi connectivity index (χ3v) is 5.00. The largest absolute Gasteiger partial charge is 0.345 e. The number of amides is 1. The first kappa shape index (κ1) is 9.67. The van der Waals surface area contributed by atoms with Crippen molar-refractivity contribution in [3.05, 3.63) is 30.3 Å². The van der Waals surface area contributed by atoms with Crippen LogP contribution in [0.5, 0.6) is 0 Å². The lowest BCUT2D eigenvalue weighted by atomic mass is 10.4. The van der Waals surface area contributed by atoms with Gasteiger partial charge in [0, 0.05) is 13.6 Å². The summed E-state index contributed by atoms with van der Waals surface area (Å²) < 4.78 is 0. The molecule has 0 aromatic heterocycles. The van der Waals surface area contributed by atoms with E-state index in [0.29, 0.717) is 5.91 Å². The monoisotopic (exact) mass is 207 g/mol. The standard InChI is InChI=1S/C11H14NOP/c1-12-7-8-14(9-11(12)13)10-5-3-2-4-6-10/h2-6H,7-9H2,1H3. The van der Waals surface area contributed by atoms with Crippen LogP contribution in [0.1, 0.15) is 0 Å². The minimum Gasteiger partial charge on any atom is -0.345 e. The Kier molecular flexibility index (Phi) is 2.83. The predicted octanol–water partition coefficient (Wildman–Crippen LogP) is 1.27. The Morgan fingerprint density at radius 2 is 2.00 bits per heavy atom. The molecule has 74 valence electrons. The van der Waals surface area contributed by atoms with Crippen molar-refractivity contribution >= 4 is 19.1 Å². The zero-order chi connectivity index (χ0) is 9.97. The Hall–Kier alpha value is -0.880.